The predicted molar refractivity (Wildman–Crippen MR) is 132 cm³/mol. The van der Waals surface area contributed by atoms with Crippen LogP contribution in [0.15, 0.2) is 55.1 Å². The molecule has 2 bridgehead atoms. The first-order valence-electron chi connectivity index (χ1n) is 12.2. The number of nitrogens with one attached hydrogen (secondary N) is 1. The number of H-pyrrole nitrogens is 1. The molecule has 5 aromatic rings. The summed E-state index contributed by atoms with van der Waals surface area (Å²) in [5.41, 5.74) is 4.01. The van der Waals surface area contributed by atoms with Gasteiger partial charge >= 0.3 is 0 Å². The Hall–Kier alpha value is -3.34. The quantitative estimate of drug-likeness (QED) is 0.337. The molecule has 164 valence electrons. The van der Waals surface area contributed by atoms with E-state index in [2.05, 4.69) is 58.3 Å². The molecule has 33 heavy (non-hydrogen) atoms. The van der Waals surface area contributed by atoms with Crippen molar-refractivity contribution in [2.24, 2.45) is 23.7 Å². The largest absolute Gasteiger partial charge is 0.345 e. The highest BCUT2D eigenvalue weighted by Crippen LogP contribution is 2.50. The highest BCUT2D eigenvalue weighted by Gasteiger charge is 2.41. The first-order chi connectivity index (χ1) is 16.2. The van der Waals surface area contributed by atoms with Crippen molar-refractivity contribution in [2.45, 2.75) is 39.0 Å². The highest BCUT2D eigenvalue weighted by molar-refractivity contribution is 5.99. The van der Waals surface area contributed by atoms with Crippen molar-refractivity contribution in [3.63, 3.8) is 0 Å². The van der Waals surface area contributed by atoms with Crippen LogP contribution in [0.25, 0.3) is 44.1 Å². The first-order valence-corrected chi connectivity index (χ1v) is 12.2. The van der Waals surface area contributed by atoms with Gasteiger partial charge in [0.05, 0.1) is 11.2 Å². The second kappa shape index (κ2) is 7.34. The molecule has 0 aliphatic heterocycles. The zero-order valence-corrected chi connectivity index (χ0v) is 18.8. The second-order valence-corrected chi connectivity index (χ2v) is 10.1. The molecule has 5 nitrogen and oxygen atoms in total. The molecule has 2 atom stereocenters. The van der Waals surface area contributed by atoms with Gasteiger partial charge in [0.25, 0.3) is 0 Å². The minimum atomic E-state index is 0.709. The number of fused-ring (bicyclic) bond motifs is 6. The predicted octanol–water partition coefficient (Wildman–Crippen LogP) is 6.34. The summed E-state index contributed by atoms with van der Waals surface area (Å²) in [6.45, 7) is 2.48. The number of hydrogen-bond donors (Lipinski definition) is 1. The Morgan fingerprint density at radius 1 is 0.939 bits per heavy atom. The van der Waals surface area contributed by atoms with Gasteiger partial charge in [0, 0.05) is 28.7 Å². The number of aromatic nitrogens is 5. The van der Waals surface area contributed by atoms with Gasteiger partial charge in [0.15, 0.2) is 5.82 Å². The lowest BCUT2D eigenvalue weighted by Crippen LogP contribution is -2.39. The minimum absolute atomic E-state index is 0.709. The summed E-state index contributed by atoms with van der Waals surface area (Å²) in [5, 5.41) is 4.63. The molecule has 3 heterocycles. The third-order valence-corrected chi connectivity index (χ3v) is 8.51. The number of aromatic amines is 1. The van der Waals surface area contributed by atoms with Crippen LogP contribution in [0.2, 0.25) is 0 Å². The Morgan fingerprint density at radius 2 is 1.73 bits per heavy atom. The zero-order chi connectivity index (χ0) is 21.9. The summed E-state index contributed by atoms with van der Waals surface area (Å²) in [6.07, 6.45) is 12.0. The molecule has 3 aromatic heterocycles. The smallest absolute Gasteiger partial charge is 0.162 e. The van der Waals surface area contributed by atoms with E-state index in [0.717, 1.165) is 52.1 Å². The van der Waals surface area contributed by atoms with Gasteiger partial charge in [-0.2, -0.15) is 0 Å². The standard InChI is InChI=1S/C28H27N5/c1-16-17-6-8-18(9-7-17)21(16)12-26-22-10-19-4-2-3-5-20(19)11-25(22)32-28(33-26)24-14-30-27-23(24)13-29-15-31-27/h2-5,10-11,13-18,21H,6-9,12H2,1H3,(H,29,30,31). The van der Waals surface area contributed by atoms with Gasteiger partial charge in [0.2, 0.25) is 0 Å². The van der Waals surface area contributed by atoms with E-state index in [1.54, 1.807) is 6.33 Å². The maximum absolute atomic E-state index is 5.23. The van der Waals surface area contributed by atoms with Crippen LogP contribution < -0.4 is 0 Å². The summed E-state index contributed by atoms with van der Waals surface area (Å²) in [6, 6.07) is 13.1. The van der Waals surface area contributed by atoms with Gasteiger partial charge in [-0.3, -0.25) is 0 Å². The van der Waals surface area contributed by atoms with E-state index in [-0.39, 0.29) is 0 Å². The first kappa shape index (κ1) is 19.2. The molecular formula is C28H27N5. The fourth-order valence-corrected chi connectivity index (χ4v) is 6.65. The molecule has 2 aromatic carbocycles. The third kappa shape index (κ3) is 3.05. The van der Waals surface area contributed by atoms with E-state index in [9.17, 15) is 0 Å². The van der Waals surface area contributed by atoms with E-state index < -0.39 is 0 Å². The molecule has 3 aliphatic carbocycles. The monoisotopic (exact) mass is 433 g/mol. The molecule has 2 unspecified atom stereocenters. The van der Waals surface area contributed by atoms with Crippen molar-refractivity contribution >= 4 is 32.7 Å². The van der Waals surface area contributed by atoms with E-state index in [4.69, 9.17) is 9.97 Å². The van der Waals surface area contributed by atoms with Crippen LogP contribution in [0.1, 0.15) is 38.3 Å². The molecule has 1 N–H and O–H groups in total. The number of hydrogen-bond acceptors (Lipinski definition) is 4. The molecule has 3 fully saturated rings. The lowest BCUT2D eigenvalue weighted by molar-refractivity contribution is 0.0341. The minimum Gasteiger partial charge on any atom is -0.345 e. The lowest BCUT2D eigenvalue weighted by atomic mass is 9.58. The third-order valence-electron chi connectivity index (χ3n) is 8.51. The Balaban J connectivity index is 1.43. The summed E-state index contributed by atoms with van der Waals surface area (Å²) < 4.78 is 0. The zero-order valence-electron chi connectivity index (χ0n) is 18.8. The molecular weight excluding hydrogens is 406 g/mol. The molecule has 3 aliphatic rings. The van der Waals surface area contributed by atoms with Crippen LogP contribution in [-0.4, -0.2) is 24.9 Å². The number of nitrogens with zero attached hydrogens (tertiary/aromatic N) is 4. The summed E-state index contributed by atoms with van der Waals surface area (Å²) in [7, 11) is 0. The SMILES string of the molecule is CC1C2CCC(CC2)C1Cc1nc(-c2c[nH]c3ncncc23)nc2cc3ccccc3cc12. The van der Waals surface area contributed by atoms with Crippen LogP contribution in [0, 0.1) is 23.7 Å². The van der Waals surface area contributed by atoms with Crippen LogP contribution in [0.3, 0.4) is 0 Å². The average Bonchev–Trinajstić information content (AvgIpc) is 3.29. The lowest BCUT2D eigenvalue weighted by Gasteiger charge is -2.47. The Labute approximate surface area is 192 Å². The summed E-state index contributed by atoms with van der Waals surface area (Å²) in [5.74, 6) is 3.97. The normalized spacial score (nSPS) is 24.8. The maximum Gasteiger partial charge on any atom is 0.162 e. The van der Waals surface area contributed by atoms with Crippen LogP contribution in [0.5, 0.6) is 0 Å². The summed E-state index contributed by atoms with van der Waals surface area (Å²) in [4.78, 5) is 22.1. The molecule has 5 heteroatoms. The van der Waals surface area contributed by atoms with Gasteiger partial charge in [0.1, 0.15) is 12.0 Å². The fourth-order valence-electron chi connectivity index (χ4n) is 6.65. The number of rotatable bonds is 3. The maximum atomic E-state index is 5.23. The molecule has 0 amide bonds. The van der Waals surface area contributed by atoms with Crippen molar-refractivity contribution in [3.8, 4) is 11.4 Å². The van der Waals surface area contributed by atoms with Gasteiger partial charge < -0.3 is 4.98 Å². The van der Waals surface area contributed by atoms with Crippen LogP contribution in [-0.2, 0) is 6.42 Å². The van der Waals surface area contributed by atoms with Crippen molar-refractivity contribution in [1.82, 2.24) is 24.9 Å². The number of benzene rings is 2. The second-order valence-electron chi connectivity index (χ2n) is 10.1. The molecule has 0 saturated heterocycles. The van der Waals surface area contributed by atoms with Crippen LogP contribution >= 0.6 is 0 Å². The average molecular weight is 434 g/mol. The highest BCUT2D eigenvalue weighted by atomic mass is 14.9. The van der Waals surface area contributed by atoms with E-state index in [1.807, 2.05) is 12.4 Å². The summed E-state index contributed by atoms with van der Waals surface area (Å²) >= 11 is 0. The Morgan fingerprint density at radius 3 is 2.55 bits per heavy atom. The molecule has 8 rings (SSSR count). The molecule has 0 radical (unpaired) electrons. The van der Waals surface area contributed by atoms with Gasteiger partial charge in [-0.15, -0.1) is 0 Å². The van der Waals surface area contributed by atoms with E-state index in [0.29, 0.717) is 5.92 Å². The van der Waals surface area contributed by atoms with E-state index >= 15 is 0 Å². The van der Waals surface area contributed by atoms with Crippen molar-refractivity contribution in [1.29, 1.82) is 0 Å². The van der Waals surface area contributed by atoms with Gasteiger partial charge in [-0.25, -0.2) is 19.9 Å². The van der Waals surface area contributed by atoms with Crippen LogP contribution in [0.4, 0.5) is 0 Å². The fraction of sp³-hybridized carbons (Fsp3) is 0.357. The van der Waals surface area contributed by atoms with Crippen molar-refractivity contribution in [3.05, 3.63) is 60.8 Å². The Bertz CT molecular complexity index is 1490. The topological polar surface area (TPSA) is 67.3 Å². The van der Waals surface area contributed by atoms with E-state index in [1.165, 1.54) is 47.5 Å². The van der Waals surface area contributed by atoms with Gasteiger partial charge in [-0.1, -0.05) is 31.2 Å². The van der Waals surface area contributed by atoms with Gasteiger partial charge in [-0.05, 0) is 78.7 Å². The molecule has 0 spiro atoms. The van der Waals surface area contributed by atoms with Crippen molar-refractivity contribution in [2.75, 3.05) is 0 Å². The molecule has 3 saturated carbocycles. The Kier molecular flexibility index (Phi) is 4.26. The van der Waals surface area contributed by atoms with Crippen molar-refractivity contribution < 1.29 is 0 Å².